The van der Waals surface area contributed by atoms with Crippen molar-refractivity contribution in [2.24, 2.45) is 0 Å². The SMILES string of the molecule is CCc1cc(-c2ccc3ccccc3n2)cc(C(CC)CC)c1. The minimum atomic E-state index is 0.640. The summed E-state index contributed by atoms with van der Waals surface area (Å²) < 4.78 is 0. The molecule has 118 valence electrons. The first kappa shape index (κ1) is 15.7. The summed E-state index contributed by atoms with van der Waals surface area (Å²) in [5.41, 5.74) is 6.25. The smallest absolute Gasteiger partial charge is 0.0709 e. The van der Waals surface area contributed by atoms with Crippen LogP contribution < -0.4 is 0 Å². The molecule has 0 N–H and O–H groups in total. The molecule has 0 atom stereocenters. The zero-order chi connectivity index (χ0) is 16.2. The Kier molecular flexibility index (Phi) is 4.76. The van der Waals surface area contributed by atoms with Crippen LogP contribution in [0.25, 0.3) is 22.2 Å². The maximum absolute atomic E-state index is 4.87. The van der Waals surface area contributed by atoms with Gasteiger partial charge in [-0.1, -0.05) is 51.1 Å². The van der Waals surface area contributed by atoms with Gasteiger partial charge in [0.1, 0.15) is 0 Å². The average Bonchev–Trinajstić information content (AvgIpc) is 2.62. The average molecular weight is 303 g/mol. The lowest BCUT2D eigenvalue weighted by Gasteiger charge is -2.16. The first-order chi connectivity index (χ1) is 11.2. The van der Waals surface area contributed by atoms with E-state index in [4.69, 9.17) is 4.98 Å². The van der Waals surface area contributed by atoms with Gasteiger partial charge in [0, 0.05) is 10.9 Å². The summed E-state index contributed by atoms with van der Waals surface area (Å²) >= 11 is 0. The van der Waals surface area contributed by atoms with Gasteiger partial charge in [-0.15, -0.1) is 0 Å². The van der Waals surface area contributed by atoms with Crippen molar-refractivity contribution in [3.8, 4) is 11.3 Å². The van der Waals surface area contributed by atoms with Gasteiger partial charge in [-0.25, -0.2) is 4.98 Å². The van der Waals surface area contributed by atoms with E-state index in [1.54, 1.807) is 0 Å². The standard InChI is InChI=1S/C22H25N/c1-4-16-13-19(17(5-2)6-3)15-20(14-16)22-12-11-18-9-7-8-10-21(18)23-22/h7-15,17H,4-6H2,1-3H3. The first-order valence-corrected chi connectivity index (χ1v) is 8.75. The van der Waals surface area contributed by atoms with E-state index in [2.05, 4.69) is 75.4 Å². The van der Waals surface area contributed by atoms with Gasteiger partial charge in [0.05, 0.1) is 11.2 Å². The number of pyridine rings is 1. The third kappa shape index (κ3) is 3.29. The molecule has 0 saturated heterocycles. The van der Waals surface area contributed by atoms with Crippen LogP contribution in [-0.4, -0.2) is 4.98 Å². The van der Waals surface area contributed by atoms with Crippen molar-refractivity contribution in [1.82, 2.24) is 4.98 Å². The van der Waals surface area contributed by atoms with Crippen LogP contribution in [0.3, 0.4) is 0 Å². The molecule has 0 radical (unpaired) electrons. The van der Waals surface area contributed by atoms with Crippen molar-refractivity contribution in [2.75, 3.05) is 0 Å². The second kappa shape index (κ2) is 6.95. The predicted molar refractivity (Wildman–Crippen MR) is 99.9 cm³/mol. The Bertz CT molecular complexity index is 800. The number of hydrogen-bond acceptors (Lipinski definition) is 1. The first-order valence-electron chi connectivity index (χ1n) is 8.75. The molecule has 0 spiro atoms. The lowest BCUT2D eigenvalue weighted by Crippen LogP contribution is -1.98. The van der Waals surface area contributed by atoms with Gasteiger partial charge in [0.15, 0.2) is 0 Å². The van der Waals surface area contributed by atoms with Crippen LogP contribution in [0.5, 0.6) is 0 Å². The fourth-order valence-electron chi connectivity index (χ4n) is 3.29. The molecule has 0 fully saturated rings. The van der Waals surface area contributed by atoms with E-state index in [9.17, 15) is 0 Å². The quantitative estimate of drug-likeness (QED) is 0.534. The highest BCUT2D eigenvalue weighted by Crippen LogP contribution is 2.30. The van der Waals surface area contributed by atoms with Crippen molar-refractivity contribution in [2.45, 2.75) is 46.0 Å². The highest BCUT2D eigenvalue weighted by Gasteiger charge is 2.11. The Morgan fingerprint density at radius 3 is 2.39 bits per heavy atom. The second-order valence-corrected chi connectivity index (χ2v) is 6.22. The number of benzene rings is 2. The Morgan fingerprint density at radius 1 is 0.870 bits per heavy atom. The van der Waals surface area contributed by atoms with Gasteiger partial charge >= 0.3 is 0 Å². The molecule has 3 rings (SSSR count). The van der Waals surface area contributed by atoms with Crippen LogP contribution in [0.15, 0.2) is 54.6 Å². The van der Waals surface area contributed by atoms with Crippen molar-refractivity contribution in [3.63, 3.8) is 0 Å². The van der Waals surface area contributed by atoms with Gasteiger partial charge in [0.25, 0.3) is 0 Å². The van der Waals surface area contributed by atoms with Crippen LogP contribution in [0.2, 0.25) is 0 Å². The van der Waals surface area contributed by atoms with Crippen LogP contribution in [0.1, 0.15) is 50.7 Å². The number of rotatable bonds is 5. The number of aromatic nitrogens is 1. The van der Waals surface area contributed by atoms with Crippen molar-refractivity contribution in [3.05, 3.63) is 65.7 Å². The third-order valence-electron chi connectivity index (χ3n) is 4.77. The summed E-state index contributed by atoms with van der Waals surface area (Å²) in [5, 5.41) is 1.20. The predicted octanol–water partition coefficient (Wildman–Crippen LogP) is 6.37. The van der Waals surface area contributed by atoms with Crippen LogP contribution in [-0.2, 0) is 6.42 Å². The maximum atomic E-state index is 4.87. The Morgan fingerprint density at radius 2 is 1.65 bits per heavy atom. The van der Waals surface area contributed by atoms with Crippen LogP contribution in [0.4, 0.5) is 0 Å². The Labute approximate surface area is 139 Å². The second-order valence-electron chi connectivity index (χ2n) is 6.22. The largest absolute Gasteiger partial charge is 0.248 e. The number of hydrogen-bond donors (Lipinski definition) is 0. The molecular weight excluding hydrogens is 278 g/mol. The highest BCUT2D eigenvalue weighted by molar-refractivity contribution is 5.81. The molecule has 0 aliphatic heterocycles. The van der Waals surface area contributed by atoms with E-state index >= 15 is 0 Å². The Balaban J connectivity index is 2.11. The number of para-hydroxylation sites is 1. The van der Waals surface area contributed by atoms with Crippen molar-refractivity contribution >= 4 is 10.9 Å². The van der Waals surface area contributed by atoms with E-state index in [0.29, 0.717) is 5.92 Å². The van der Waals surface area contributed by atoms with E-state index in [1.165, 1.54) is 34.9 Å². The molecule has 0 aliphatic carbocycles. The summed E-state index contributed by atoms with van der Waals surface area (Å²) in [6.07, 6.45) is 3.44. The minimum absolute atomic E-state index is 0.640. The lowest BCUT2D eigenvalue weighted by molar-refractivity contribution is 0.641. The summed E-state index contributed by atoms with van der Waals surface area (Å²) in [7, 11) is 0. The zero-order valence-corrected chi connectivity index (χ0v) is 14.3. The number of nitrogens with zero attached hydrogens (tertiary/aromatic N) is 1. The molecule has 0 bridgehead atoms. The maximum Gasteiger partial charge on any atom is 0.0709 e. The molecule has 23 heavy (non-hydrogen) atoms. The molecule has 1 aromatic heterocycles. The molecule has 3 aromatic rings. The van der Waals surface area contributed by atoms with E-state index in [1.807, 2.05) is 0 Å². The van der Waals surface area contributed by atoms with Crippen LogP contribution >= 0.6 is 0 Å². The molecule has 0 aliphatic rings. The Hall–Kier alpha value is -2.15. The summed E-state index contributed by atoms with van der Waals surface area (Å²) in [6.45, 7) is 6.78. The normalized spacial score (nSPS) is 11.3. The minimum Gasteiger partial charge on any atom is -0.248 e. The monoisotopic (exact) mass is 303 g/mol. The van der Waals surface area contributed by atoms with Gasteiger partial charge in [0.2, 0.25) is 0 Å². The summed E-state index contributed by atoms with van der Waals surface area (Å²) in [4.78, 5) is 4.87. The van der Waals surface area contributed by atoms with Gasteiger partial charge in [-0.2, -0.15) is 0 Å². The lowest BCUT2D eigenvalue weighted by atomic mass is 9.90. The van der Waals surface area contributed by atoms with Crippen LogP contribution in [0, 0.1) is 0 Å². The van der Waals surface area contributed by atoms with E-state index in [-0.39, 0.29) is 0 Å². The molecular formula is C22H25N. The van der Waals surface area contributed by atoms with Gasteiger partial charge in [-0.05, 0) is 60.6 Å². The highest BCUT2D eigenvalue weighted by atomic mass is 14.7. The van der Waals surface area contributed by atoms with E-state index < -0.39 is 0 Å². The van der Waals surface area contributed by atoms with E-state index in [0.717, 1.165) is 17.6 Å². The number of fused-ring (bicyclic) bond motifs is 1. The van der Waals surface area contributed by atoms with Gasteiger partial charge < -0.3 is 0 Å². The molecule has 0 unspecified atom stereocenters. The van der Waals surface area contributed by atoms with Crippen molar-refractivity contribution < 1.29 is 0 Å². The zero-order valence-electron chi connectivity index (χ0n) is 14.3. The fourth-order valence-corrected chi connectivity index (χ4v) is 3.29. The molecule has 0 amide bonds. The fraction of sp³-hybridized carbons (Fsp3) is 0.318. The topological polar surface area (TPSA) is 12.9 Å². The molecule has 1 heterocycles. The molecule has 1 nitrogen and oxygen atoms in total. The van der Waals surface area contributed by atoms with Crippen molar-refractivity contribution in [1.29, 1.82) is 0 Å². The molecule has 2 aromatic carbocycles. The molecule has 0 saturated carbocycles. The number of aryl methyl sites for hydroxylation is 1. The summed E-state index contributed by atoms with van der Waals surface area (Å²) in [6, 6.07) is 19.7. The molecule has 1 heteroatoms. The third-order valence-corrected chi connectivity index (χ3v) is 4.77. The van der Waals surface area contributed by atoms with Gasteiger partial charge in [-0.3, -0.25) is 0 Å². The summed E-state index contributed by atoms with van der Waals surface area (Å²) in [5.74, 6) is 0.640.